The molecule has 6 heteroatoms. The first-order valence-electron chi connectivity index (χ1n) is 3.44. The quantitative estimate of drug-likeness (QED) is 0.747. The Balaban J connectivity index is 2.88. The molecule has 0 aromatic carbocycles. The van der Waals surface area contributed by atoms with Gasteiger partial charge in [-0.25, -0.2) is 13.1 Å². The predicted octanol–water partition coefficient (Wildman–Crippen LogP) is 0.361. The fraction of sp³-hybridized carbons (Fsp3) is 0.500. The molecule has 1 aromatic rings. The topological polar surface area (TPSA) is 72.2 Å². The minimum Gasteiger partial charge on any atom is -0.363 e. The van der Waals surface area contributed by atoms with E-state index in [0.717, 1.165) is 12.5 Å². The van der Waals surface area contributed by atoms with Crippen LogP contribution in [-0.2, 0) is 10.0 Å². The van der Waals surface area contributed by atoms with Gasteiger partial charge in [-0.15, -0.1) is 0 Å². The largest absolute Gasteiger partial charge is 0.363 e. The molecule has 0 saturated carbocycles. The molecule has 68 valence electrons. The summed E-state index contributed by atoms with van der Waals surface area (Å²) in [6, 6.07) is -0.134. The van der Waals surface area contributed by atoms with Crippen LogP contribution in [-0.4, -0.2) is 19.6 Å². The predicted molar refractivity (Wildman–Crippen MR) is 42.0 cm³/mol. The molecular weight excluding hydrogens is 180 g/mol. The van der Waals surface area contributed by atoms with Gasteiger partial charge in [0.25, 0.3) is 0 Å². The van der Waals surface area contributed by atoms with Crippen molar-refractivity contribution >= 4 is 10.0 Å². The van der Waals surface area contributed by atoms with Crippen LogP contribution < -0.4 is 4.72 Å². The SMILES string of the molecule is CC(C)NS(=O)(=O)c1cnoc1. The van der Waals surface area contributed by atoms with Crippen LogP contribution in [0.1, 0.15) is 13.8 Å². The molecule has 0 bridgehead atoms. The minimum absolute atomic E-state index is 0.0520. The van der Waals surface area contributed by atoms with Crippen LogP contribution >= 0.6 is 0 Å². The monoisotopic (exact) mass is 190 g/mol. The molecule has 0 spiro atoms. The van der Waals surface area contributed by atoms with Crippen LogP contribution in [0.15, 0.2) is 21.9 Å². The van der Waals surface area contributed by atoms with E-state index in [1.54, 1.807) is 13.8 Å². The Morgan fingerprint density at radius 2 is 2.25 bits per heavy atom. The first kappa shape index (κ1) is 9.21. The minimum atomic E-state index is -3.42. The summed E-state index contributed by atoms with van der Waals surface area (Å²) < 4.78 is 29.4. The fourth-order valence-electron chi connectivity index (χ4n) is 0.706. The molecule has 1 heterocycles. The number of aromatic nitrogens is 1. The summed E-state index contributed by atoms with van der Waals surface area (Å²) in [7, 11) is -3.42. The first-order valence-corrected chi connectivity index (χ1v) is 4.92. The molecule has 12 heavy (non-hydrogen) atoms. The normalized spacial score (nSPS) is 12.2. The molecule has 5 nitrogen and oxygen atoms in total. The Hall–Kier alpha value is -0.880. The zero-order valence-corrected chi connectivity index (χ0v) is 7.63. The molecule has 0 aliphatic rings. The van der Waals surface area contributed by atoms with Crippen molar-refractivity contribution in [3.05, 3.63) is 12.5 Å². The molecule has 0 atom stereocenters. The third kappa shape index (κ3) is 2.05. The van der Waals surface area contributed by atoms with Crippen molar-refractivity contribution in [2.45, 2.75) is 24.8 Å². The van der Waals surface area contributed by atoms with Gasteiger partial charge in [0.15, 0.2) is 0 Å². The van der Waals surface area contributed by atoms with Crippen LogP contribution in [0.3, 0.4) is 0 Å². The van der Waals surface area contributed by atoms with Gasteiger partial charge in [-0.05, 0) is 13.8 Å². The van der Waals surface area contributed by atoms with Crippen molar-refractivity contribution in [1.29, 1.82) is 0 Å². The van der Waals surface area contributed by atoms with Gasteiger partial charge in [0.1, 0.15) is 11.2 Å². The molecule has 0 unspecified atom stereocenters. The average molecular weight is 190 g/mol. The molecule has 0 saturated heterocycles. The molecule has 1 N–H and O–H groups in total. The number of rotatable bonds is 3. The lowest BCUT2D eigenvalue weighted by Crippen LogP contribution is -2.29. The van der Waals surface area contributed by atoms with Crippen molar-refractivity contribution in [2.75, 3.05) is 0 Å². The lowest BCUT2D eigenvalue weighted by Gasteiger charge is -2.05. The Labute approximate surface area is 70.8 Å². The third-order valence-electron chi connectivity index (χ3n) is 1.11. The lowest BCUT2D eigenvalue weighted by atomic mass is 10.4. The van der Waals surface area contributed by atoms with E-state index in [2.05, 4.69) is 14.4 Å². The van der Waals surface area contributed by atoms with Gasteiger partial charge in [-0.3, -0.25) is 0 Å². The highest BCUT2D eigenvalue weighted by molar-refractivity contribution is 7.89. The highest BCUT2D eigenvalue weighted by Crippen LogP contribution is 2.06. The van der Waals surface area contributed by atoms with E-state index in [0.29, 0.717) is 0 Å². The van der Waals surface area contributed by atoms with Gasteiger partial charge in [-0.2, -0.15) is 0 Å². The molecule has 1 rings (SSSR count). The van der Waals surface area contributed by atoms with Gasteiger partial charge in [-0.1, -0.05) is 5.16 Å². The Bertz CT molecular complexity index is 328. The van der Waals surface area contributed by atoms with E-state index < -0.39 is 10.0 Å². The summed E-state index contributed by atoms with van der Waals surface area (Å²) in [5, 5.41) is 3.30. The maximum absolute atomic E-state index is 11.3. The van der Waals surface area contributed by atoms with Crippen LogP contribution in [0.4, 0.5) is 0 Å². The smallest absolute Gasteiger partial charge is 0.245 e. The number of sulfonamides is 1. The lowest BCUT2D eigenvalue weighted by molar-refractivity contribution is 0.417. The third-order valence-corrected chi connectivity index (χ3v) is 2.71. The summed E-state index contributed by atoms with van der Waals surface area (Å²) in [5.41, 5.74) is 0. The Morgan fingerprint density at radius 1 is 1.58 bits per heavy atom. The van der Waals surface area contributed by atoms with E-state index in [-0.39, 0.29) is 10.9 Å². The van der Waals surface area contributed by atoms with Gasteiger partial charge in [0, 0.05) is 6.04 Å². The van der Waals surface area contributed by atoms with Crippen molar-refractivity contribution in [3.8, 4) is 0 Å². The molecule has 0 aliphatic carbocycles. The summed E-state index contributed by atoms with van der Waals surface area (Å²) in [6.45, 7) is 3.48. The van der Waals surface area contributed by atoms with Crippen LogP contribution in [0.5, 0.6) is 0 Å². The van der Waals surface area contributed by atoms with Crippen LogP contribution in [0, 0.1) is 0 Å². The van der Waals surface area contributed by atoms with E-state index in [9.17, 15) is 8.42 Å². The summed E-state index contributed by atoms with van der Waals surface area (Å²) >= 11 is 0. The Kier molecular flexibility index (Phi) is 2.49. The second-order valence-corrected chi connectivity index (χ2v) is 4.35. The summed E-state index contributed by atoms with van der Waals surface area (Å²) in [5.74, 6) is 0. The van der Waals surface area contributed by atoms with E-state index in [1.165, 1.54) is 0 Å². The van der Waals surface area contributed by atoms with Crippen molar-refractivity contribution in [1.82, 2.24) is 9.88 Å². The van der Waals surface area contributed by atoms with E-state index in [4.69, 9.17) is 0 Å². The molecular formula is C6H10N2O3S. The first-order chi connectivity index (χ1) is 5.52. The maximum atomic E-state index is 11.3. The molecule has 0 radical (unpaired) electrons. The number of nitrogens with zero attached hydrogens (tertiary/aromatic N) is 1. The maximum Gasteiger partial charge on any atom is 0.245 e. The number of hydrogen-bond donors (Lipinski definition) is 1. The van der Waals surface area contributed by atoms with Crippen molar-refractivity contribution < 1.29 is 12.9 Å². The van der Waals surface area contributed by atoms with Crippen LogP contribution in [0.2, 0.25) is 0 Å². The number of nitrogens with one attached hydrogen (secondary N) is 1. The Morgan fingerprint density at radius 3 is 2.67 bits per heavy atom. The van der Waals surface area contributed by atoms with Crippen molar-refractivity contribution in [3.63, 3.8) is 0 Å². The number of hydrogen-bond acceptors (Lipinski definition) is 4. The zero-order chi connectivity index (χ0) is 9.19. The average Bonchev–Trinajstić information content (AvgIpc) is 2.32. The standard InChI is InChI=1S/C6H10N2O3S/c1-5(2)8-12(9,10)6-3-7-11-4-6/h3-5,8H,1-2H3. The highest BCUT2D eigenvalue weighted by Gasteiger charge is 2.16. The fourth-order valence-corrected chi connectivity index (χ4v) is 1.81. The van der Waals surface area contributed by atoms with Crippen LogP contribution in [0.25, 0.3) is 0 Å². The zero-order valence-electron chi connectivity index (χ0n) is 6.81. The van der Waals surface area contributed by atoms with E-state index >= 15 is 0 Å². The summed E-state index contributed by atoms with van der Waals surface area (Å²) in [6.07, 6.45) is 2.25. The van der Waals surface area contributed by atoms with Gasteiger partial charge in [0.2, 0.25) is 10.0 Å². The molecule has 0 aliphatic heterocycles. The molecule has 0 fully saturated rings. The molecule has 0 amide bonds. The van der Waals surface area contributed by atoms with E-state index in [1.807, 2.05) is 0 Å². The highest BCUT2D eigenvalue weighted by atomic mass is 32.2. The van der Waals surface area contributed by atoms with Gasteiger partial charge >= 0.3 is 0 Å². The van der Waals surface area contributed by atoms with Gasteiger partial charge < -0.3 is 4.52 Å². The second-order valence-electron chi connectivity index (χ2n) is 2.64. The molecule has 1 aromatic heterocycles. The second kappa shape index (κ2) is 3.24. The van der Waals surface area contributed by atoms with Gasteiger partial charge in [0.05, 0.1) is 6.20 Å². The summed E-state index contributed by atoms with van der Waals surface area (Å²) in [4.78, 5) is 0.0520. The van der Waals surface area contributed by atoms with Crippen molar-refractivity contribution in [2.24, 2.45) is 0 Å².